The minimum Gasteiger partial charge on any atom is -0.355 e. The van der Waals surface area contributed by atoms with E-state index in [0.717, 1.165) is 38.5 Å². The van der Waals surface area contributed by atoms with E-state index in [1.54, 1.807) is 0 Å². The lowest BCUT2D eigenvalue weighted by Crippen LogP contribution is -2.42. The van der Waals surface area contributed by atoms with Crippen molar-refractivity contribution in [1.82, 2.24) is 10.6 Å². The van der Waals surface area contributed by atoms with Gasteiger partial charge in [0.1, 0.15) is 5.92 Å². The van der Waals surface area contributed by atoms with E-state index in [4.69, 9.17) is 0 Å². The van der Waals surface area contributed by atoms with Crippen LogP contribution >= 0.6 is 0 Å². The zero-order valence-electron chi connectivity index (χ0n) is 22.7. The van der Waals surface area contributed by atoms with Crippen LogP contribution in [0.4, 0.5) is 0 Å². The molecule has 0 aliphatic rings. The van der Waals surface area contributed by atoms with Crippen molar-refractivity contribution in [1.29, 1.82) is 0 Å². The van der Waals surface area contributed by atoms with Crippen molar-refractivity contribution in [3.05, 3.63) is 0 Å². The quantitative estimate of drug-likeness (QED) is 0.105. The summed E-state index contributed by atoms with van der Waals surface area (Å²) < 4.78 is 0. The molecular weight excluding hydrogens is 408 g/mol. The van der Waals surface area contributed by atoms with Gasteiger partial charge in [0.25, 0.3) is 0 Å². The summed E-state index contributed by atoms with van der Waals surface area (Å²) in [6.07, 6.45) is 25.2. The van der Waals surface area contributed by atoms with E-state index in [9.17, 15) is 9.59 Å². The lowest BCUT2D eigenvalue weighted by atomic mass is 9.98. The first-order valence-electron chi connectivity index (χ1n) is 14.7. The highest BCUT2D eigenvalue weighted by Gasteiger charge is 2.25. The molecule has 0 saturated carbocycles. The highest BCUT2D eigenvalue weighted by molar-refractivity contribution is 6.00. The molecule has 0 fully saturated rings. The predicted octanol–water partition coefficient (Wildman–Crippen LogP) is 8.09. The molecule has 0 atom stereocenters. The van der Waals surface area contributed by atoms with Crippen LogP contribution in [0.25, 0.3) is 0 Å². The Balaban J connectivity index is 4.10. The summed E-state index contributed by atoms with van der Waals surface area (Å²) in [6.45, 7) is 8.08. The molecule has 0 radical (unpaired) electrons. The van der Waals surface area contributed by atoms with Crippen molar-refractivity contribution in [3.63, 3.8) is 0 Å². The third kappa shape index (κ3) is 21.2. The molecule has 4 heteroatoms. The van der Waals surface area contributed by atoms with Gasteiger partial charge in [-0.1, -0.05) is 136 Å². The van der Waals surface area contributed by atoms with Gasteiger partial charge in [0.15, 0.2) is 0 Å². The Bertz CT molecular complexity index is 405. The first-order valence-corrected chi connectivity index (χ1v) is 14.7. The molecule has 0 aromatic heterocycles. The minimum absolute atomic E-state index is 0.0668. The maximum atomic E-state index is 12.7. The molecule has 2 amide bonds. The van der Waals surface area contributed by atoms with Crippen LogP contribution in [0.5, 0.6) is 0 Å². The van der Waals surface area contributed by atoms with E-state index < -0.39 is 5.92 Å². The topological polar surface area (TPSA) is 58.2 Å². The van der Waals surface area contributed by atoms with Crippen LogP contribution in [-0.4, -0.2) is 24.9 Å². The Hall–Kier alpha value is -1.06. The fraction of sp³-hybridized carbons (Fsp3) is 0.931. The second-order valence-corrected chi connectivity index (χ2v) is 9.93. The number of nitrogens with one attached hydrogen (secondary N) is 2. The van der Waals surface area contributed by atoms with Crippen LogP contribution in [0.2, 0.25) is 0 Å². The van der Waals surface area contributed by atoms with Gasteiger partial charge in [-0.15, -0.1) is 0 Å². The minimum atomic E-state index is -0.523. The smallest absolute Gasteiger partial charge is 0.232 e. The van der Waals surface area contributed by atoms with Gasteiger partial charge in [0.05, 0.1) is 0 Å². The molecule has 0 rings (SSSR count). The largest absolute Gasteiger partial charge is 0.355 e. The number of carbonyl (C=O) groups is 2. The van der Waals surface area contributed by atoms with Gasteiger partial charge >= 0.3 is 0 Å². The van der Waals surface area contributed by atoms with E-state index in [1.807, 2.05) is 0 Å². The Morgan fingerprint density at radius 2 is 0.758 bits per heavy atom. The maximum Gasteiger partial charge on any atom is 0.232 e. The maximum absolute atomic E-state index is 12.7. The zero-order chi connectivity index (χ0) is 24.4. The van der Waals surface area contributed by atoms with Crippen molar-refractivity contribution in [2.45, 2.75) is 156 Å². The summed E-state index contributed by atoms with van der Waals surface area (Å²) in [7, 11) is 0. The molecule has 0 heterocycles. The lowest BCUT2D eigenvalue weighted by Gasteiger charge is -2.17. The average Bonchev–Trinajstić information content (AvgIpc) is 2.81. The predicted molar refractivity (Wildman–Crippen MR) is 143 cm³/mol. The standard InChI is InChI=1S/C29H58N2O2/c1-4-7-10-13-15-17-19-22-25-30-28(32)27(24-21-12-9-6-3)29(33)31-26-23-20-18-16-14-11-8-5-2/h27H,4-26H2,1-3H3,(H,30,32)(H,31,33). The SMILES string of the molecule is CCCCCCCCCCNC(=O)C(CCCCCC)C(=O)NCCCCCCCCCC. The summed E-state index contributed by atoms with van der Waals surface area (Å²) >= 11 is 0. The van der Waals surface area contributed by atoms with Gasteiger partial charge in [0.2, 0.25) is 11.8 Å². The van der Waals surface area contributed by atoms with Crippen LogP contribution in [-0.2, 0) is 9.59 Å². The molecular formula is C29H58N2O2. The van der Waals surface area contributed by atoms with Crippen LogP contribution < -0.4 is 10.6 Å². The third-order valence-corrected chi connectivity index (χ3v) is 6.64. The lowest BCUT2D eigenvalue weighted by molar-refractivity contribution is -0.135. The second-order valence-electron chi connectivity index (χ2n) is 9.93. The second kappa shape index (κ2) is 25.6. The Labute approximate surface area is 206 Å². The monoisotopic (exact) mass is 466 g/mol. The van der Waals surface area contributed by atoms with Crippen LogP contribution in [0.3, 0.4) is 0 Å². The Morgan fingerprint density at radius 3 is 1.12 bits per heavy atom. The summed E-state index contributed by atoms with van der Waals surface area (Å²) in [6, 6.07) is 0. The number of hydrogen-bond donors (Lipinski definition) is 2. The van der Waals surface area contributed by atoms with Crippen molar-refractivity contribution < 1.29 is 9.59 Å². The number of hydrogen-bond acceptors (Lipinski definition) is 2. The van der Waals surface area contributed by atoms with Gasteiger partial charge in [0, 0.05) is 13.1 Å². The third-order valence-electron chi connectivity index (χ3n) is 6.64. The molecule has 2 N–H and O–H groups in total. The van der Waals surface area contributed by atoms with E-state index in [1.165, 1.54) is 89.9 Å². The molecule has 196 valence electrons. The van der Waals surface area contributed by atoms with Gasteiger partial charge in [-0.25, -0.2) is 0 Å². The molecule has 0 bridgehead atoms. The van der Waals surface area contributed by atoms with E-state index in [2.05, 4.69) is 31.4 Å². The highest BCUT2D eigenvalue weighted by atomic mass is 16.2. The van der Waals surface area contributed by atoms with Gasteiger partial charge in [-0.2, -0.15) is 0 Å². The molecule has 0 saturated heterocycles. The molecule has 0 aliphatic carbocycles. The van der Waals surface area contributed by atoms with Crippen molar-refractivity contribution >= 4 is 11.8 Å². The van der Waals surface area contributed by atoms with Crippen LogP contribution in [0.15, 0.2) is 0 Å². The van der Waals surface area contributed by atoms with E-state index in [-0.39, 0.29) is 11.8 Å². The summed E-state index contributed by atoms with van der Waals surface area (Å²) in [5.41, 5.74) is 0. The van der Waals surface area contributed by atoms with Crippen molar-refractivity contribution in [3.8, 4) is 0 Å². The Morgan fingerprint density at radius 1 is 0.455 bits per heavy atom. The van der Waals surface area contributed by atoms with Crippen LogP contribution in [0, 0.1) is 5.92 Å². The molecule has 0 aromatic rings. The number of rotatable bonds is 25. The molecule has 0 spiro atoms. The molecule has 0 aliphatic heterocycles. The number of unbranched alkanes of at least 4 members (excludes halogenated alkanes) is 17. The van der Waals surface area contributed by atoms with E-state index in [0.29, 0.717) is 19.5 Å². The highest BCUT2D eigenvalue weighted by Crippen LogP contribution is 2.13. The molecule has 0 aromatic carbocycles. The normalized spacial score (nSPS) is 11.2. The van der Waals surface area contributed by atoms with Gasteiger partial charge < -0.3 is 10.6 Å². The molecule has 4 nitrogen and oxygen atoms in total. The fourth-order valence-corrected chi connectivity index (χ4v) is 4.34. The van der Waals surface area contributed by atoms with Gasteiger partial charge in [-0.3, -0.25) is 9.59 Å². The first-order chi connectivity index (χ1) is 16.2. The summed E-state index contributed by atoms with van der Waals surface area (Å²) in [5.74, 6) is -0.657. The summed E-state index contributed by atoms with van der Waals surface area (Å²) in [4.78, 5) is 25.5. The molecule has 0 unspecified atom stereocenters. The number of carbonyl (C=O) groups excluding carboxylic acids is 2. The summed E-state index contributed by atoms with van der Waals surface area (Å²) in [5, 5.41) is 6.10. The fourth-order valence-electron chi connectivity index (χ4n) is 4.34. The first kappa shape index (κ1) is 31.9. The Kier molecular flexibility index (Phi) is 24.7. The van der Waals surface area contributed by atoms with Crippen LogP contribution in [0.1, 0.15) is 156 Å². The number of amides is 2. The van der Waals surface area contributed by atoms with Crippen molar-refractivity contribution in [2.24, 2.45) is 5.92 Å². The van der Waals surface area contributed by atoms with Gasteiger partial charge in [-0.05, 0) is 19.3 Å². The van der Waals surface area contributed by atoms with E-state index >= 15 is 0 Å². The average molecular weight is 467 g/mol. The zero-order valence-corrected chi connectivity index (χ0v) is 22.7. The van der Waals surface area contributed by atoms with Crippen molar-refractivity contribution in [2.75, 3.05) is 13.1 Å². The molecule has 33 heavy (non-hydrogen) atoms.